The van der Waals surface area contributed by atoms with E-state index in [4.69, 9.17) is 16.6 Å². The molecule has 0 spiro atoms. The Kier molecular flexibility index (Phi) is 10.1. The molecule has 1 saturated carbocycles. The summed E-state index contributed by atoms with van der Waals surface area (Å²) in [5.74, 6) is -3.95. The third kappa shape index (κ3) is 7.45. The van der Waals surface area contributed by atoms with Gasteiger partial charge in [-0.1, -0.05) is 23.6 Å². The highest BCUT2D eigenvalue weighted by Crippen LogP contribution is 2.68. The number of aliphatic hydroxyl groups excluding tert-OH is 1. The molecule has 0 radical (unpaired) electrons. The molecule has 1 fully saturated rings. The van der Waals surface area contributed by atoms with Gasteiger partial charge in [-0.2, -0.15) is 19.0 Å². The Morgan fingerprint density at radius 1 is 1.04 bits per heavy atom. The van der Waals surface area contributed by atoms with E-state index in [0.29, 0.717) is 32.8 Å². The molecule has 9 nitrogen and oxygen atoms in total. The highest BCUT2D eigenvalue weighted by Gasteiger charge is 2.67. The van der Waals surface area contributed by atoms with Crippen LogP contribution in [0.25, 0.3) is 22.0 Å². The summed E-state index contributed by atoms with van der Waals surface area (Å²) in [4.78, 5) is 31.1. The standard InChI is InChI=1S/C40H34ClF6N5O4/c1-39(2,56)9-8-23-4-5-26(27-6-7-30(41)33-31(15-25(55)18-53)49-51(3)36(27)33)34(48-23)20(10-19-11-21(42)14-22(43)12-19)13-24(54)17-52-37-32(35(50-52)38(44)45)28-16-29(28)40(37,46)47/h4-7,11-12,14,20,28-29,38,53,56H,10,13,15-18H2,1-3H3/t20-,28+,29-/m1/s1. The first kappa shape index (κ1) is 39.2. The highest BCUT2D eigenvalue weighted by molar-refractivity contribution is 6.36. The number of fused-ring (bicyclic) bond motifs is 4. The lowest BCUT2D eigenvalue weighted by atomic mass is 9.86. The van der Waals surface area contributed by atoms with Gasteiger partial charge in [0.25, 0.3) is 12.3 Å². The van der Waals surface area contributed by atoms with Crippen LogP contribution >= 0.6 is 11.6 Å². The van der Waals surface area contributed by atoms with Gasteiger partial charge in [0.2, 0.25) is 0 Å². The smallest absolute Gasteiger partial charge is 0.293 e. The number of aryl methyl sites for hydroxylation is 1. The van der Waals surface area contributed by atoms with E-state index < -0.39 is 89.9 Å². The third-order valence-electron chi connectivity index (χ3n) is 10.0. The molecule has 0 saturated heterocycles. The summed E-state index contributed by atoms with van der Waals surface area (Å²) in [6, 6.07) is 9.23. The van der Waals surface area contributed by atoms with Crippen molar-refractivity contribution < 1.29 is 46.1 Å². The number of halogens is 7. The minimum absolute atomic E-state index is 0.0423. The van der Waals surface area contributed by atoms with Gasteiger partial charge in [0.05, 0.1) is 28.3 Å². The largest absolute Gasteiger partial charge is 0.389 e. The molecular weight excluding hydrogens is 764 g/mol. The van der Waals surface area contributed by atoms with Crippen LogP contribution in [0.1, 0.15) is 84.5 Å². The van der Waals surface area contributed by atoms with Crippen molar-refractivity contribution in [2.45, 2.75) is 75.9 Å². The normalized spacial score (nSPS) is 17.4. The van der Waals surface area contributed by atoms with E-state index in [9.17, 15) is 37.4 Å². The van der Waals surface area contributed by atoms with Crippen molar-refractivity contribution in [3.63, 3.8) is 0 Å². The fourth-order valence-electron chi connectivity index (χ4n) is 7.71. The molecule has 5 aromatic rings. The van der Waals surface area contributed by atoms with Crippen LogP contribution in [0, 0.1) is 29.4 Å². The van der Waals surface area contributed by atoms with Gasteiger partial charge in [0.1, 0.15) is 47.5 Å². The summed E-state index contributed by atoms with van der Waals surface area (Å²) in [5, 5.41) is 28.7. The summed E-state index contributed by atoms with van der Waals surface area (Å²) in [6.45, 7) is 1.40. The Hall–Kier alpha value is -5.04. The molecule has 16 heteroatoms. The molecule has 0 aliphatic heterocycles. The number of aliphatic hydroxyl groups is 2. The number of rotatable bonds is 12. The number of Topliss-reactive ketones (excluding diaryl/α,β-unsaturated/α-hetero) is 2. The maximum atomic E-state index is 15.4. The average molecular weight is 798 g/mol. The van der Waals surface area contributed by atoms with Crippen LogP contribution < -0.4 is 0 Å². The predicted octanol–water partition coefficient (Wildman–Crippen LogP) is 7.12. The first-order valence-corrected chi connectivity index (χ1v) is 18.0. The van der Waals surface area contributed by atoms with Crippen molar-refractivity contribution in [2.24, 2.45) is 13.0 Å². The number of pyridine rings is 1. The molecule has 2 aliphatic rings. The molecular formula is C40H34ClF6N5O4. The summed E-state index contributed by atoms with van der Waals surface area (Å²) >= 11 is 6.64. The number of ketones is 2. The van der Waals surface area contributed by atoms with Gasteiger partial charge >= 0.3 is 0 Å². The summed E-state index contributed by atoms with van der Waals surface area (Å²) < 4.78 is 90.1. The topological polar surface area (TPSA) is 123 Å². The first-order chi connectivity index (χ1) is 26.4. The zero-order valence-electron chi connectivity index (χ0n) is 30.2. The maximum absolute atomic E-state index is 15.4. The molecule has 0 amide bonds. The number of nitrogens with zero attached hydrogens (tertiary/aromatic N) is 5. The van der Waals surface area contributed by atoms with Crippen molar-refractivity contribution in [1.82, 2.24) is 24.5 Å². The molecule has 2 N–H and O–H groups in total. The van der Waals surface area contributed by atoms with Crippen LogP contribution in [-0.4, -0.2) is 58.5 Å². The number of benzene rings is 2. The zero-order valence-corrected chi connectivity index (χ0v) is 30.9. The van der Waals surface area contributed by atoms with E-state index in [1.165, 1.54) is 18.5 Å². The number of carbonyl (C=O) groups excluding carboxylic acids is 2. The number of hydrogen-bond acceptors (Lipinski definition) is 7. The first-order valence-electron chi connectivity index (χ1n) is 17.6. The lowest BCUT2D eigenvalue weighted by molar-refractivity contribution is -0.121. The van der Waals surface area contributed by atoms with Crippen LogP contribution in [-0.2, 0) is 41.9 Å². The van der Waals surface area contributed by atoms with E-state index in [1.54, 1.807) is 31.3 Å². The van der Waals surface area contributed by atoms with E-state index in [1.807, 2.05) is 0 Å². The molecule has 3 aromatic heterocycles. The van der Waals surface area contributed by atoms with Crippen molar-refractivity contribution >= 4 is 34.1 Å². The monoisotopic (exact) mass is 797 g/mol. The number of hydrogen-bond donors (Lipinski definition) is 2. The molecule has 2 aliphatic carbocycles. The molecule has 0 bridgehead atoms. The minimum Gasteiger partial charge on any atom is -0.389 e. The molecule has 2 aromatic carbocycles. The number of carbonyl (C=O) groups is 2. The number of alkyl halides is 4. The van der Waals surface area contributed by atoms with Gasteiger partial charge in [0, 0.05) is 53.4 Å². The van der Waals surface area contributed by atoms with Crippen LogP contribution in [0.2, 0.25) is 5.02 Å². The number of aromatic nitrogens is 5. The van der Waals surface area contributed by atoms with Gasteiger partial charge in [0.15, 0.2) is 11.6 Å². The quantitative estimate of drug-likeness (QED) is 0.102. The second kappa shape index (κ2) is 14.5. The third-order valence-corrected chi connectivity index (χ3v) is 10.3. The predicted molar refractivity (Wildman–Crippen MR) is 192 cm³/mol. The molecule has 0 unspecified atom stereocenters. The Morgan fingerprint density at radius 3 is 2.39 bits per heavy atom. The van der Waals surface area contributed by atoms with E-state index in [-0.39, 0.29) is 52.5 Å². The summed E-state index contributed by atoms with van der Waals surface area (Å²) in [6.07, 6.45) is -4.02. The van der Waals surface area contributed by atoms with Crippen LogP contribution in [0.15, 0.2) is 42.5 Å². The van der Waals surface area contributed by atoms with Gasteiger partial charge in [-0.05, 0) is 74.4 Å². The van der Waals surface area contributed by atoms with Crippen LogP contribution in [0.3, 0.4) is 0 Å². The Labute approximate surface area is 321 Å². The zero-order chi connectivity index (χ0) is 40.4. The molecule has 7 rings (SSSR count). The van der Waals surface area contributed by atoms with Crippen LogP contribution in [0.4, 0.5) is 26.3 Å². The Morgan fingerprint density at radius 2 is 1.73 bits per heavy atom. The van der Waals surface area contributed by atoms with E-state index in [2.05, 4.69) is 22.0 Å². The van der Waals surface area contributed by atoms with Gasteiger partial charge in [-0.25, -0.2) is 22.5 Å². The second-order valence-corrected chi connectivity index (χ2v) is 15.2. The SMILES string of the molecule is Cn1nc(CC(=O)CO)c2c(Cl)ccc(-c3ccc(C#CC(C)(C)O)nc3[C@@H](CC(=O)Cn3nc(C(F)F)c4c3C(F)(F)[C@@H]3C[C@H]43)Cc3cc(F)cc(F)c3)c21. The highest BCUT2D eigenvalue weighted by atomic mass is 35.5. The summed E-state index contributed by atoms with van der Waals surface area (Å²) in [5.41, 5.74) is -1.15. The van der Waals surface area contributed by atoms with Gasteiger partial charge in [-0.15, -0.1) is 0 Å². The average Bonchev–Trinajstić information content (AvgIpc) is 3.65. The molecule has 3 heterocycles. The van der Waals surface area contributed by atoms with Crippen LogP contribution in [0.5, 0.6) is 0 Å². The summed E-state index contributed by atoms with van der Waals surface area (Å²) in [7, 11) is 1.61. The lowest BCUT2D eigenvalue weighted by Crippen LogP contribution is -2.24. The van der Waals surface area contributed by atoms with Gasteiger partial charge < -0.3 is 10.2 Å². The van der Waals surface area contributed by atoms with E-state index in [0.717, 1.165) is 12.1 Å². The second-order valence-electron chi connectivity index (χ2n) is 14.8. The van der Waals surface area contributed by atoms with E-state index >= 15 is 8.78 Å². The molecule has 56 heavy (non-hydrogen) atoms. The fraction of sp³-hybridized carbons (Fsp3) is 0.375. The molecule has 292 valence electrons. The maximum Gasteiger partial charge on any atom is 0.293 e. The van der Waals surface area contributed by atoms with Crippen molar-refractivity contribution in [3.8, 4) is 23.0 Å². The van der Waals surface area contributed by atoms with Gasteiger partial charge in [-0.3, -0.25) is 19.0 Å². The minimum atomic E-state index is -3.47. The lowest BCUT2D eigenvalue weighted by Gasteiger charge is -2.22. The fourth-order valence-corrected chi connectivity index (χ4v) is 7.97. The van der Waals surface area contributed by atoms with Crippen molar-refractivity contribution in [1.29, 1.82) is 0 Å². The van der Waals surface area contributed by atoms with Crippen molar-refractivity contribution in [3.05, 3.63) is 98.7 Å². The molecule has 3 atom stereocenters. The Balaban J connectivity index is 1.38. The van der Waals surface area contributed by atoms with Crippen molar-refractivity contribution in [2.75, 3.05) is 6.61 Å². The Bertz CT molecular complexity index is 2460.